The van der Waals surface area contributed by atoms with Gasteiger partial charge in [0.2, 0.25) is 45.5 Å². The Balaban J connectivity index is 0.000000133. The largest absolute Gasteiger partial charge is 0.466 e. The summed E-state index contributed by atoms with van der Waals surface area (Å²) >= 11 is 0. The normalized spacial score (nSPS) is 12.9. The fourth-order valence-electron chi connectivity index (χ4n) is 18.7. The lowest BCUT2D eigenvalue weighted by Gasteiger charge is -2.13. The van der Waals surface area contributed by atoms with Crippen molar-refractivity contribution in [2.24, 2.45) is 51.9 Å². The van der Waals surface area contributed by atoms with Gasteiger partial charge in [0.15, 0.2) is 22.8 Å². The maximum atomic E-state index is 9.17. The summed E-state index contributed by atoms with van der Waals surface area (Å²) in [6, 6.07) is 83.8. The van der Waals surface area contributed by atoms with Crippen LogP contribution in [0.1, 0.15) is 136 Å². The van der Waals surface area contributed by atoms with Crippen LogP contribution in [0.15, 0.2) is 285 Å². The van der Waals surface area contributed by atoms with Crippen LogP contribution in [-0.2, 0) is 53.7 Å². The molecule has 0 aliphatic heterocycles. The summed E-state index contributed by atoms with van der Waals surface area (Å²) in [5.74, 6) is -0.934. The minimum atomic E-state index is -1.86. The average molecular weight is 1790 g/mol. The summed E-state index contributed by atoms with van der Waals surface area (Å²) in [5, 5.41) is 7.25. The van der Waals surface area contributed by atoms with Crippen molar-refractivity contribution in [3.05, 3.63) is 380 Å². The third kappa shape index (κ3) is 17.7. The molecule has 0 saturated carbocycles. The van der Waals surface area contributed by atoms with Crippen molar-refractivity contribution < 1.29 is 49.6 Å². The van der Waals surface area contributed by atoms with E-state index in [4.69, 9.17) is 56.3 Å². The lowest BCUT2D eigenvalue weighted by atomic mass is 9.91. The van der Waals surface area contributed by atoms with Crippen LogP contribution in [-0.4, -0.2) is 0 Å². The zero-order chi connectivity index (χ0) is 105. The fourth-order valence-corrected chi connectivity index (χ4v) is 18.7. The molecule has 0 atom stereocenters. The molecule has 8 heterocycles. The van der Waals surface area contributed by atoms with E-state index in [-0.39, 0.29) is 35.4 Å². The van der Waals surface area contributed by atoms with Crippen LogP contribution in [0.3, 0.4) is 0 Å². The zero-order valence-electron chi connectivity index (χ0n) is 90.8. The van der Waals surface area contributed by atoms with E-state index in [1.807, 2.05) is 285 Å². The molecule has 0 fully saturated rings. The first-order valence-electron chi connectivity index (χ1n) is 51.2. The molecule has 0 spiro atoms. The molecule has 0 N–H and O–H groups in total. The summed E-state index contributed by atoms with van der Waals surface area (Å²) < 4.78 is 122. The molecular weight excluding hydrogens is 1670 g/mol. The minimum Gasteiger partial charge on any atom is -0.466 e. The minimum absolute atomic E-state index is 0.0202. The van der Waals surface area contributed by atoms with Gasteiger partial charge < -0.3 is 17.7 Å². The molecule has 8 aromatic heterocycles. The molecular formula is C124H116N8O4+4. The van der Waals surface area contributed by atoms with E-state index in [1.54, 1.807) is 38.5 Å². The van der Waals surface area contributed by atoms with Gasteiger partial charge >= 0.3 is 0 Å². The summed E-state index contributed by atoms with van der Waals surface area (Å²) in [6.45, 7) is 62.1. The fraction of sp³-hybridized carbons (Fsp3) is 0.226. The van der Waals surface area contributed by atoms with E-state index in [0.717, 1.165) is 177 Å². The number of aryl methyl sites for hydroxylation is 7. The van der Waals surface area contributed by atoms with E-state index >= 15 is 0 Å². The predicted octanol–water partition coefficient (Wildman–Crippen LogP) is 32.4. The Bertz CT molecular complexity index is 8850. The van der Waals surface area contributed by atoms with Crippen LogP contribution >= 0.6 is 0 Å². The number of nitrogens with zero attached hydrogens (tertiary/aromatic N) is 8. The van der Waals surface area contributed by atoms with Gasteiger partial charge in [-0.2, -0.15) is 18.3 Å². The summed E-state index contributed by atoms with van der Waals surface area (Å²) in [6.07, 6.45) is -6.28. The lowest BCUT2D eigenvalue weighted by Crippen LogP contribution is -2.35. The van der Waals surface area contributed by atoms with Crippen molar-refractivity contribution in [3.8, 4) is 89.5 Å². The number of hydrogen-bond acceptors (Lipinski definition) is 4. The smallest absolute Gasteiger partial charge is 0.237 e. The molecule has 12 nitrogen and oxygen atoms in total. The molecule has 20 rings (SSSR count). The van der Waals surface area contributed by atoms with Crippen LogP contribution in [0.5, 0.6) is 0 Å². The van der Waals surface area contributed by atoms with Gasteiger partial charge in [0.05, 0.1) is 51.3 Å². The van der Waals surface area contributed by atoms with Crippen LogP contribution in [0.25, 0.3) is 197 Å². The molecule has 0 amide bonds. The van der Waals surface area contributed by atoms with Crippen LogP contribution in [0, 0.1) is 105 Å². The zero-order valence-corrected chi connectivity index (χ0v) is 80.8. The standard InChI is InChI=1S/4C31H29N2O/c1-19(2)15-22-17-21(4)33(6)27(18-22)28-20(3)16-25(23-11-8-7-9-12-23)29-24-13-10-14-26(32-5)30(24)34-31(28)29;1-19(2)14-22-15-21(4)33(6)28(16-22)29-20(3)12-13-25-26-17-24(23-10-8-7-9-11-23)18-27(32-5)30(26)34-31(25)29;1-19(2)16-22-17-21(4)33(6)27(18-22)28-20(3)12-13-25-29-24(23-10-8-7-9-11-23)14-15-26(32-5)31(29)34-30(25)28;1-19(2)16-22-17-21(4)33(6)27(18-22)28-20(3)12-13-25-26-15-14-24(23-10-8-7-9-11-23)29(32-5)31(26)34-30(25)28/h7-14,16-19H,15H2,1-4,6H3;7-13,15-19H,14H2,1-4,6H3;2*7-15,17-19H,16H2,1-4,6H3/q4*+1/i15D2;14D2;16D2;16D2,17D,18D. The predicted molar refractivity (Wildman–Crippen MR) is 560 cm³/mol. The van der Waals surface area contributed by atoms with Gasteiger partial charge in [-0.05, 0) is 184 Å². The highest BCUT2D eigenvalue weighted by molar-refractivity contribution is 6.21. The van der Waals surface area contributed by atoms with Gasteiger partial charge in [0.1, 0.15) is 72.9 Å². The average Bonchev–Trinajstić information content (AvgIpc) is 1.73. The van der Waals surface area contributed by atoms with E-state index in [0.29, 0.717) is 84.3 Å². The summed E-state index contributed by atoms with van der Waals surface area (Å²) in [5.41, 5.74) is 30.9. The Kier molecular flexibility index (Phi) is 22.7. The summed E-state index contributed by atoms with van der Waals surface area (Å²) in [4.78, 5) is 15.1. The topological polar surface area (TPSA) is 85.5 Å². The molecule has 672 valence electrons. The molecule has 12 heteroatoms. The Morgan fingerprint density at radius 1 is 0.272 bits per heavy atom. The Hall–Kier alpha value is -15.6. The van der Waals surface area contributed by atoms with Crippen molar-refractivity contribution in [2.45, 2.75) is 136 Å². The number of rotatable bonds is 16. The first kappa shape index (κ1) is 80.1. The number of fused-ring (bicyclic) bond motifs is 12. The van der Waals surface area contributed by atoms with E-state index in [1.165, 1.54) is 0 Å². The van der Waals surface area contributed by atoms with Gasteiger partial charge in [-0.15, -0.1) is 0 Å². The first-order chi connectivity index (χ1) is 69.4. The van der Waals surface area contributed by atoms with Crippen molar-refractivity contribution in [2.75, 3.05) is 0 Å². The highest BCUT2D eigenvalue weighted by Crippen LogP contribution is 2.51. The number of para-hydroxylation sites is 1. The van der Waals surface area contributed by atoms with Crippen LogP contribution in [0.4, 0.5) is 22.7 Å². The molecule has 20 aromatic rings. The molecule has 0 radical (unpaired) electrons. The van der Waals surface area contributed by atoms with E-state index in [2.05, 4.69) is 108 Å². The number of hydrogen-bond donors (Lipinski definition) is 0. The molecule has 0 aliphatic carbocycles. The second-order valence-corrected chi connectivity index (χ2v) is 36.5. The van der Waals surface area contributed by atoms with Crippen molar-refractivity contribution in [3.63, 3.8) is 0 Å². The molecule has 0 saturated heterocycles. The van der Waals surface area contributed by atoms with Gasteiger partial charge in [0.25, 0.3) is 0 Å². The quantitative estimate of drug-likeness (QED) is 0.0712. The number of benzene rings is 12. The van der Waals surface area contributed by atoms with Crippen molar-refractivity contribution in [1.29, 1.82) is 0 Å². The molecule has 136 heavy (non-hydrogen) atoms. The highest BCUT2D eigenvalue weighted by Gasteiger charge is 2.32. The van der Waals surface area contributed by atoms with E-state index in [9.17, 15) is 1.37 Å². The van der Waals surface area contributed by atoms with Gasteiger partial charge in [-0.25, -0.2) is 19.4 Å². The Labute approximate surface area is 813 Å². The number of furan rings is 4. The van der Waals surface area contributed by atoms with Crippen molar-refractivity contribution in [1.82, 2.24) is 0 Å². The molecule has 0 unspecified atom stereocenters. The van der Waals surface area contributed by atoms with Gasteiger partial charge in [-0.1, -0.05) is 256 Å². The van der Waals surface area contributed by atoms with Gasteiger partial charge in [-0.3, -0.25) is 0 Å². The molecule has 0 aliphatic rings. The maximum Gasteiger partial charge on any atom is 0.237 e. The van der Waals surface area contributed by atoms with Crippen LogP contribution < -0.4 is 18.3 Å². The maximum absolute atomic E-state index is 9.17. The second-order valence-electron chi connectivity index (χ2n) is 36.5. The Morgan fingerprint density at radius 2 is 0.640 bits per heavy atom. The molecule has 0 bridgehead atoms. The highest BCUT2D eigenvalue weighted by atomic mass is 16.3. The van der Waals surface area contributed by atoms with Gasteiger partial charge in [0, 0.05) is 130 Å². The van der Waals surface area contributed by atoms with Crippen LogP contribution in [0.2, 0.25) is 0 Å². The molecule has 12 aromatic carbocycles. The Morgan fingerprint density at radius 3 is 1.13 bits per heavy atom. The third-order valence-corrected chi connectivity index (χ3v) is 25.5. The SMILES string of the molecule is [2H]C([2H])(c1cc(C)[n+](C)c(-c2c(C)cc(-c3ccccc3)c3c2oc2c([N+]#[C-])cccc23)c1)C(C)C.[2H]C([2H])(c1cc(C)[n+](C)c(-c2c(C)ccc3c2oc2c([N+]#[C-])cc(-c4ccccc4)cc23)c1)C(C)C.[2H]C([2H])(c1cc(C)[n+](C)c(-c2c(C)ccc3c2oc2c([N+]#[C-])ccc(-c4ccccc4)c23)c1)C(C)C.[2H]c1c(C([2H])([2H])C(C)C)c([2H])c(-c2c(C)ccc3c2oc2c([N+]#[C-])c(-c4ccccc4)ccc23)[n+](C)c1C. The van der Waals surface area contributed by atoms with E-state index < -0.39 is 31.4 Å². The van der Waals surface area contributed by atoms with Crippen molar-refractivity contribution >= 4 is 111 Å². The first-order valence-corrected chi connectivity index (χ1v) is 46.2. The lowest BCUT2D eigenvalue weighted by molar-refractivity contribution is -0.666. The number of pyridine rings is 4. The second kappa shape index (κ2) is 38.5. The number of aromatic nitrogens is 4. The third-order valence-electron chi connectivity index (χ3n) is 25.5. The monoisotopic (exact) mass is 1790 g/mol. The summed E-state index contributed by atoms with van der Waals surface area (Å²) in [7, 11) is 7.80.